The summed E-state index contributed by atoms with van der Waals surface area (Å²) in [5.74, 6) is 0. The molecule has 14 rings (SSSR count). The van der Waals surface area contributed by atoms with Crippen molar-refractivity contribution in [2.24, 2.45) is 0 Å². The number of hydrogen-bond acceptors (Lipinski definition) is 2. The smallest absolute Gasteiger partial charge is 0.0497 e. The van der Waals surface area contributed by atoms with Gasteiger partial charge in [0.2, 0.25) is 0 Å². The van der Waals surface area contributed by atoms with Crippen LogP contribution in [0.1, 0.15) is 54.5 Å². The number of anilines is 5. The van der Waals surface area contributed by atoms with Crippen LogP contribution in [0.2, 0.25) is 0 Å². The van der Waals surface area contributed by atoms with Crippen LogP contribution in [0, 0.1) is 0 Å². The van der Waals surface area contributed by atoms with Crippen LogP contribution in [0.15, 0.2) is 218 Å². The van der Waals surface area contributed by atoms with Crippen molar-refractivity contribution >= 4 is 60.8 Å². The summed E-state index contributed by atoms with van der Waals surface area (Å²) in [4.78, 5) is 5.05. The number of fused-ring (bicyclic) bond motifs is 9. The van der Waals surface area contributed by atoms with E-state index in [1.165, 1.54) is 128 Å². The van der Waals surface area contributed by atoms with Crippen molar-refractivity contribution in [3.8, 4) is 33.4 Å². The molecule has 2 aliphatic heterocycles. The molecule has 0 atom stereocenters. The molecule has 0 N–H and O–H groups in total. The first-order valence-electron chi connectivity index (χ1n) is 24.0. The zero-order chi connectivity index (χ0) is 44.4. The van der Waals surface area contributed by atoms with Crippen molar-refractivity contribution < 1.29 is 0 Å². The summed E-state index contributed by atoms with van der Waals surface area (Å²) < 4.78 is 0. The molecule has 10 aromatic carbocycles. The lowest BCUT2D eigenvalue weighted by Crippen LogP contribution is -2.24. The molecule has 0 saturated heterocycles. The highest BCUT2D eigenvalue weighted by atomic mass is 15.2. The molecule has 2 heterocycles. The lowest BCUT2D eigenvalue weighted by Gasteiger charge is -2.36. The number of para-hydroxylation sites is 3. The zero-order valence-electron chi connectivity index (χ0n) is 37.9. The van der Waals surface area contributed by atoms with Gasteiger partial charge in [0, 0.05) is 46.0 Å². The van der Waals surface area contributed by atoms with Gasteiger partial charge in [-0.1, -0.05) is 166 Å². The van der Waals surface area contributed by atoms with Crippen LogP contribution in [-0.2, 0) is 18.3 Å². The molecule has 2 heteroatoms. The monoisotopic (exact) mass is 856 g/mol. The first kappa shape index (κ1) is 38.3. The fourth-order valence-electron chi connectivity index (χ4n) is 12.4. The maximum atomic E-state index is 2.55. The molecule has 0 bridgehead atoms. The van der Waals surface area contributed by atoms with E-state index in [1.807, 2.05) is 0 Å². The first-order chi connectivity index (χ1) is 33.0. The molecule has 2 nitrogen and oxygen atoms in total. The quantitative estimate of drug-likeness (QED) is 0.163. The maximum Gasteiger partial charge on any atom is 0.0497 e. The molecule has 0 spiro atoms. The molecule has 0 unspecified atom stereocenters. The number of allylic oxidation sites excluding steroid dienone is 3. The van der Waals surface area contributed by atoms with Crippen molar-refractivity contribution in [3.05, 3.63) is 245 Å². The lowest BCUT2D eigenvalue weighted by molar-refractivity contribution is 0.660. The van der Waals surface area contributed by atoms with Gasteiger partial charge in [-0.05, 0) is 173 Å². The second-order valence-electron chi connectivity index (χ2n) is 19.5. The predicted molar refractivity (Wildman–Crippen MR) is 283 cm³/mol. The minimum absolute atomic E-state index is 0.139. The van der Waals surface area contributed by atoms with Crippen molar-refractivity contribution in [3.63, 3.8) is 0 Å². The van der Waals surface area contributed by atoms with Gasteiger partial charge < -0.3 is 9.80 Å². The Morgan fingerprint density at radius 2 is 1.00 bits per heavy atom. The van der Waals surface area contributed by atoms with E-state index in [-0.39, 0.29) is 5.41 Å². The van der Waals surface area contributed by atoms with Crippen molar-refractivity contribution in [2.45, 2.75) is 44.9 Å². The number of rotatable bonds is 4. The van der Waals surface area contributed by atoms with Gasteiger partial charge in [0.25, 0.3) is 0 Å². The van der Waals surface area contributed by atoms with E-state index in [9.17, 15) is 0 Å². The van der Waals surface area contributed by atoms with Crippen molar-refractivity contribution in [1.29, 1.82) is 0 Å². The van der Waals surface area contributed by atoms with Gasteiger partial charge in [-0.2, -0.15) is 0 Å². The highest BCUT2D eigenvalue weighted by Gasteiger charge is 2.37. The van der Waals surface area contributed by atoms with Crippen LogP contribution in [-0.4, -0.2) is 0 Å². The Kier molecular flexibility index (Phi) is 8.31. The average molecular weight is 857 g/mol. The Balaban J connectivity index is 1.13. The second-order valence-corrected chi connectivity index (χ2v) is 19.5. The van der Waals surface area contributed by atoms with Crippen LogP contribution in [0.5, 0.6) is 0 Å². The predicted octanol–water partition coefficient (Wildman–Crippen LogP) is 17.5. The standard InChI is InChI=1S/C65H48N2/c1-65(2)56-24-10-9-22-52(56)64-53(23-15-25-57(64)65)63-51-35-33-48(66-58-26-11-5-18-43(58)37-44-19-6-12-27-59(44)66)39-54(51)62(47-31-30-41-16-3-4-17-42(41)36-47)50-34-32-49(40-55(50)63)67-60-28-13-7-20-45(60)38-46-21-8-14-29-61(46)67/h3-7,9-20,22-36,39-40H,8,21,37-38H2,1-2H3. The van der Waals surface area contributed by atoms with E-state index in [4.69, 9.17) is 0 Å². The van der Waals surface area contributed by atoms with Gasteiger partial charge in [0.05, 0.1) is 0 Å². The van der Waals surface area contributed by atoms with E-state index < -0.39 is 0 Å². The summed E-state index contributed by atoms with van der Waals surface area (Å²) in [5.41, 5.74) is 23.4. The van der Waals surface area contributed by atoms with Gasteiger partial charge in [-0.25, -0.2) is 0 Å². The summed E-state index contributed by atoms with van der Waals surface area (Å²) in [6, 6.07) is 73.7. The van der Waals surface area contributed by atoms with E-state index >= 15 is 0 Å². The van der Waals surface area contributed by atoms with Crippen LogP contribution in [0.4, 0.5) is 28.4 Å². The molecule has 2 aliphatic carbocycles. The molecule has 0 amide bonds. The fraction of sp³-hybridized carbons (Fsp3) is 0.108. The highest BCUT2D eigenvalue weighted by molar-refractivity contribution is 6.24. The molecule has 0 fully saturated rings. The lowest BCUT2D eigenvalue weighted by atomic mass is 9.80. The second kappa shape index (κ2) is 14.5. The van der Waals surface area contributed by atoms with E-state index in [0.29, 0.717) is 0 Å². The van der Waals surface area contributed by atoms with Gasteiger partial charge in [-0.3, -0.25) is 0 Å². The molecule has 0 radical (unpaired) electrons. The molecule has 0 saturated carbocycles. The van der Waals surface area contributed by atoms with E-state index in [2.05, 4.69) is 230 Å². The van der Waals surface area contributed by atoms with Gasteiger partial charge in [-0.15, -0.1) is 0 Å². The Morgan fingerprint density at radius 1 is 0.418 bits per heavy atom. The Bertz CT molecular complexity index is 3760. The number of benzene rings is 10. The Labute approximate surface area is 392 Å². The van der Waals surface area contributed by atoms with Crippen molar-refractivity contribution in [2.75, 3.05) is 9.80 Å². The molecule has 67 heavy (non-hydrogen) atoms. The first-order valence-corrected chi connectivity index (χ1v) is 24.0. The van der Waals surface area contributed by atoms with Gasteiger partial charge >= 0.3 is 0 Å². The van der Waals surface area contributed by atoms with Gasteiger partial charge in [0.15, 0.2) is 0 Å². The van der Waals surface area contributed by atoms with Crippen LogP contribution in [0.3, 0.4) is 0 Å². The molecule has 4 aliphatic rings. The van der Waals surface area contributed by atoms with Crippen LogP contribution >= 0.6 is 0 Å². The third kappa shape index (κ3) is 5.69. The van der Waals surface area contributed by atoms with Gasteiger partial charge in [0.1, 0.15) is 0 Å². The average Bonchev–Trinajstić information content (AvgIpc) is 3.61. The zero-order valence-corrected chi connectivity index (χ0v) is 37.9. The molecular formula is C65H48N2. The Morgan fingerprint density at radius 3 is 1.76 bits per heavy atom. The highest BCUT2D eigenvalue weighted by Crippen LogP contribution is 2.56. The fourth-order valence-corrected chi connectivity index (χ4v) is 12.4. The van der Waals surface area contributed by atoms with E-state index in [1.54, 1.807) is 0 Å². The topological polar surface area (TPSA) is 6.48 Å². The van der Waals surface area contributed by atoms with Crippen LogP contribution in [0.25, 0.3) is 65.7 Å². The Hall–Kier alpha value is -7.94. The maximum absolute atomic E-state index is 2.55. The number of hydrogen-bond donors (Lipinski definition) is 0. The number of nitrogens with zero attached hydrogens (tertiary/aromatic N) is 2. The summed E-state index contributed by atoms with van der Waals surface area (Å²) in [6.07, 6.45) is 8.84. The minimum Gasteiger partial charge on any atom is -0.310 e. The largest absolute Gasteiger partial charge is 0.310 e. The summed E-state index contributed by atoms with van der Waals surface area (Å²) in [6.45, 7) is 4.80. The molecule has 10 aromatic rings. The molecule has 0 aromatic heterocycles. The third-order valence-corrected chi connectivity index (χ3v) is 15.5. The third-order valence-electron chi connectivity index (χ3n) is 15.5. The SMILES string of the molecule is CC1(C)c2ccccc2-c2c(-c3c4ccc(N5c6ccccc6Cc6ccccc65)cc4c(-c4ccc5ccccc5c4)c4ccc(N5C6=C(CCC=C6)Cc6ccccc65)cc34)cccc21. The molecular weight excluding hydrogens is 809 g/mol. The van der Waals surface area contributed by atoms with Crippen LogP contribution < -0.4 is 9.80 Å². The van der Waals surface area contributed by atoms with Crippen molar-refractivity contribution in [1.82, 2.24) is 0 Å². The summed E-state index contributed by atoms with van der Waals surface area (Å²) in [7, 11) is 0. The minimum atomic E-state index is -0.139. The normalized spacial score (nSPS) is 15.3. The summed E-state index contributed by atoms with van der Waals surface area (Å²) in [5, 5.41) is 7.49. The van der Waals surface area contributed by atoms with E-state index in [0.717, 1.165) is 31.4 Å². The molecule has 318 valence electrons. The summed E-state index contributed by atoms with van der Waals surface area (Å²) >= 11 is 0.